The van der Waals surface area contributed by atoms with Gasteiger partial charge in [-0.3, -0.25) is 14.4 Å². The molecule has 2 atom stereocenters. The van der Waals surface area contributed by atoms with Crippen LogP contribution in [-0.2, 0) is 14.4 Å². The highest BCUT2D eigenvalue weighted by Crippen LogP contribution is 2.31. The minimum absolute atomic E-state index is 0.00225. The number of amides is 2. The van der Waals surface area contributed by atoms with Crippen LogP contribution in [0.4, 0.5) is 0 Å². The molecule has 1 N–H and O–H groups in total. The third-order valence-corrected chi connectivity index (χ3v) is 5.09. The van der Waals surface area contributed by atoms with E-state index < -0.39 is 12.0 Å². The van der Waals surface area contributed by atoms with Gasteiger partial charge >= 0.3 is 5.97 Å². The van der Waals surface area contributed by atoms with Crippen LogP contribution in [0, 0.1) is 0 Å². The second-order valence-electron chi connectivity index (χ2n) is 6.78. The molecular weight excluding hydrogens is 320 g/mol. The second kappa shape index (κ2) is 7.68. The van der Waals surface area contributed by atoms with Crippen molar-refractivity contribution < 1.29 is 19.5 Å². The molecule has 1 aromatic rings. The van der Waals surface area contributed by atoms with Crippen molar-refractivity contribution >= 4 is 17.8 Å². The monoisotopic (exact) mass is 344 g/mol. The summed E-state index contributed by atoms with van der Waals surface area (Å²) in [6.45, 7) is 1.13. The van der Waals surface area contributed by atoms with Gasteiger partial charge in [-0.15, -0.1) is 0 Å². The third-order valence-electron chi connectivity index (χ3n) is 5.09. The Bertz CT molecular complexity index is 646. The van der Waals surface area contributed by atoms with Gasteiger partial charge in [-0.2, -0.15) is 0 Å². The van der Waals surface area contributed by atoms with Gasteiger partial charge < -0.3 is 14.9 Å². The number of hydrogen-bond donors (Lipinski definition) is 1. The number of benzene rings is 1. The Morgan fingerprint density at radius 3 is 2.56 bits per heavy atom. The molecule has 2 amide bonds. The lowest BCUT2D eigenvalue weighted by molar-refractivity contribution is -0.149. The summed E-state index contributed by atoms with van der Waals surface area (Å²) in [5, 5.41) is 9.12. The Morgan fingerprint density at radius 2 is 1.88 bits per heavy atom. The number of piperidine rings is 1. The zero-order valence-electron chi connectivity index (χ0n) is 14.3. The summed E-state index contributed by atoms with van der Waals surface area (Å²) in [4.78, 5) is 40.2. The van der Waals surface area contributed by atoms with E-state index >= 15 is 0 Å². The van der Waals surface area contributed by atoms with E-state index in [0.29, 0.717) is 25.9 Å². The lowest BCUT2D eigenvalue weighted by atomic mass is 9.99. The maximum atomic E-state index is 13.3. The first-order valence-corrected chi connectivity index (χ1v) is 8.94. The standard InChI is InChI=1S/C19H24N2O4/c22-16-10-4-5-11-21(16)18(14-7-2-1-3-8-14)19(25)20-12-6-9-15(20)13-17(23)24/h1-3,7-8,15,18H,4-6,9-13H2,(H,23,24). The lowest BCUT2D eigenvalue weighted by Crippen LogP contribution is -2.48. The van der Waals surface area contributed by atoms with Crippen LogP contribution in [0.2, 0.25) is 0 Å². The number of aliphatic carboxylic acids is 1. The van der Waals surface area contributed by atoms with E-state index in [1.54, 1.807) is 9.80 Å². The molecule has 0 radical (unpaired) electrons. The molecule has 0 bridgehead atoms. The van der Waals surface area contributed by atoms with Gasteiger partial charge in [0.2, 0.25) is 11.8 Å². The largest absolute Gasteiger partial charge is 0.481 e. The Labute approximate surface area is 147 Å². The zero-order chi connectivity index (χ0) is 17.8. The Balaban J connectivity index is 1.89. The van der Waals surface area contributed by atoms with E-state index in [0.717, 1.165) is 24.8 Å². The molecule has 2 aliphatic rings. The normalized spacial score (nSPS) is 22.1. The Kier molecular flexibility index (Phi) is 5.36. The highest BCUT2D eigenvalue weighted by atomic mass is 16.4. The van der Waals surface area contributed by atoms with Crippen molar-refractivity contribution in [3.05, 3.63) is 35.9 Å². The van der Waals surface area contributed by atoms with Crippen molar-refractivity contribution in [3.8, 4) is 0 Å². The van der Waals surface area contributed by atoms with Crippen LogP contribution in [0.3, 0.4) is 0 Å². The molecule has 3 rings (SSSR count). The number of carboxylic acids is 1. The van der Waals surface area contributed by atoms with Gasteiger partial charge in [0, 0.05) is 25.6 Å². The molecule has 2 heterocycles. The summed E-state index contributed by atoms with van der Waals surface area (Å²) >= 11 is 0. The Hall–Kier alpha value is -2.37. The van der Waals surface area contributed by atoms with Gasteiger partial charge in [0.1, 0.15) is 6.04 Å². The van der Waals surface area contributed by atoms with Crippen molar-refractivity contribution in [2.45, 2.75) is 50.6 Å². The first kappa shape index (κ1) is 17.5. The number of hydrogen-bond acceptors (Lipinski definition) is 3. The molecule has 25 heavy (non-hydrogen) atoms. The minimum Gasteiger partial charge on any atom is -0.481 e. The van der Waals surface area contributed by atoms with Crippen LogP contribution < -0.4 is 0 Å². The summed E-state index contributed by atoms with van der Waals surface area (Å²) in [7, 11) is 0. The van der Waals surface area contributed by atoms with Gasteiger partial charge in [-0.25, -0.2) is 0 Å². The first-order chi connectivity index (χ1) is 12.1. The van der Waals surface area contributed by atoms with E-state index in [4.69, 9.17) is 5.11 Å². The second-order valence-corrected chi connectivity index (χ2v) is 6.78. The molecule has 2 unspecified atom stereocenters. The number of nitrogens with zero attached hydrogens (tertiary/aromatic N) is 2. The molecule has 0 saturated carbocycles. The molecule has 2 saturated heterocycles. The molecule has 0 aromatic heterocycles. The highest BCUT2D eigenvalue weighted by molar-refractivity contribution is 5.89. The molecule has 134 valence electrons. The summed E-state index contributed by atoms with van der Waals surface area (Å²) in [5.41, 5.74) is 0.795. The number of carbonyl (C=O) groups is 3. The molecule has 1 aromatic carbocycles. The maximum absolute atomic E-state index is 13.3. The average molecular weight is 344 g/mol. The predicted octanol–water partition coefficient (Wildman–Crippen LogP) is 2.21. The van der Waals surface area contributed by atoms with Crippen molar-refractivity contribution in [2.24, 2.45) is 0 Å². The van der Waals surface area contributed by atoms with Crippen LogP contribution in [-0.4, -0.2) is 51.8 Å². The summed E-state index contributed by atoms with van der Waals surface area (Å²) < 4.78 is 0. The SMILES string of the molecule is O=C(O)CC1CCCN1C(=O)C(c1ccccc1)N1CCCCC1=O. The van der Waals surface area contributed by atoms with Crippen molar-refractivity contribution in [1.29, 1.82) is 0 Å². The fraction of sp³-hybridized carbons (Fsp3) is 0.526. The summed E-state index contributed by atoms with van der Waals surface area (Å²) in [6, 6.07) is 8.41. The van der Waals surface area contributed by atoms with Gasteiger partial charge in [0.05, 0.1) is 6.42 Å². The van der Waals surface area contributed by atoms with Crippen molar-refractivity contribution in [1.82, 2.24) is 9.80 Å². The number of carboxylic acid groups (broad SMARTS) is 1. The lowest BCUT2D eigenvalue weighted by Gasteiger charge is -2.37. The fourth-order valence-corrected chi connectivity index (χ4v) is 3.89. The van der Waals surface area contributed by atoms with E-state index in [-0.39, 0.29) is 24.3 Å². The number of carbonyl (C=O) groups excluding carboxylic acids is 2. The van der Waals surface area contributed by atoms with Crippen molar-refractivity contribution in [2.75, 3.05) is 13.1 Å². The molecule has 0 aliphatic carbocycles. The topological polar surface area (TPSA) is 77.9 Å². The number of likely N-dealkylation sites (tertiary alicyclic amines) is 2. The van der Waals surface area contributed by atoms with Crippen LogP contribution in [0.25, 0.3) is 0 Å². The molecule has 2 aliphatic heterocycles. The van der Waals surface area contributed by atoms with Crippen LogP contribution >= 0.6 is 0 Å². The van der Waals surface area contributed by atoms with E-state index in [2.05, 4.69) is 0 Å². The van der Waals surface area contributed by atoms with Crippen LogP contribution in [0.5, 0.6) is 0 Å². The quantitative estimate of drug-likeness (QED) is 0.888. The van der Waals surface area contributed by atoms with E-state index in [1.165, 1.54) is 0 Å². The Morgan fingerprint density at radius 1 is 1.12 bits per heavy atom. The average Bonchev–Trinajstić information content (AvgIpc) is 3.05. The van der Waals surface area contributed by atoms with Gasteiger partial charge in [0.15, 0.2) is 0 Å². The number of rotatable bonds is 5. The van der Waals surface area contributed by atoms with Crippen LogP contribution in [0.1, 0.15) is 50.1 Å². The summed E-state index contributed by atoms with van der Waals surface area (Å²) in [5.74, 6) is -1.04. The summed E-state index contributed by atoms with van der Waals surface area (Å²) in [6.07, 6.45) is 3.68. The smallest absolute Gasteiger partial charge is 0.305 e. The van der Waals surface area contributed by atoms with Gasteiger partial charge in [-0.1, -0.05) is 30.3 Å². The fourth-order valence-electron chi connectivity index (χ4n) is 3.89. The molecule has 6 heteroatoms. The maximum Gasteiger partial charge on any atom is 0.305 e. The highest BCUT2D eigenvalue weighted by Gasteiger charge is 2.39. The van der Waals surface area contributed by atoms with Crippen molar-refractivity contribution in [3.63, 3.8) is 0 Å². The van der Waals surface area contributed by atoms with E-state index in [9.17, 15) is 14.4 Å². The first-order valence-electron chi connectivity index (χ1n) is 8.94. The molecular formula is C19H24N2O4. The minimum atomic E-state index is -0.894. The zero-order valence-corrected chi connectivity index (χ0v) is 14.3. The molecule has 0 spiro atoms. The van der Waals surface area contributed by atoms with Gasteiger partial charge in [-0.05, 0) is 31.2 Å². The molecule has 2 fully saturated rings. The molecule has 6 nitrogen and oxygen atoms in total. The van der Waals surface area contributed by atoms with Gasteiger partial charge in [0.25, 0.3) is 0 Å². The third kappa shape index (κ3) is 3.83. The van der Waals surface area contributed by atoms with E-state index in [1.807, 2.05) is 30.3 Å². The van der Waals surface area contributed by atoms with Crippen LogP contribution in [0.15, 0.2) is 30.3 Å². The predicted molar refractivity (Wildman–Crippen MR) is 91.7 cm³/mol.